The number of aliphatic carboxylic acids is 2. The zero-order valence-electron chi connectivity index (χ0n) is 31.0. The van der Waals surface area contributed by atoms with Crippen LogP contribution in [0.5, 0.6) is 0 Å². The summed E-state index contributed by atoms with van der Waals surface area (Å²) in [5.74, 6) is -1.84. The van der Waals surface area contributed by atoms with Gasteiger partial charge in [-0.25, -0.2) is 0 Å². The van der Waals surface area contributed by atoms with Crippen molar-refractivity contribution in [1.82, 2.24) is 0 Å². The lowest BCUT2D eigenvalue weighted by molar-refractivity contribution is -0.193. The average molecular weight is 835 g/mol. The Kier molecular flexibility index (Phi) is 66.5. The summed E-state index contributed by atoms with van der Waals surface area (Å²) in [6.07, 6.45) is 11.8. The van der Waals surface area contributed by atoms with Crippen molar-refractivity contribution in [2.75, 3.05) is 0 Å². The number of carbonyl (C=O) groups is 2. The largest absolute Gasteiger partial charge is 0.481 e. The third kappa shape index (κ3) is 74.9. The molecule has 0 fully saturated rings. The lowest BCUT2D eigenvalue weighted by Gasteiger charge is -2.42. The summed E-state index contributed by atoms with van der Waals surface area (Å²) in [4.78, 5) is 86.9. The van der Waals surface area contributed by atoms with Crippen LogP contribution in [0.4, 0.5) is 0 Å². The number of rotatable bonds is 19. The Labute approximate surface area is 324 Å². The van der Waals surface area contributed by atoms with Gasteiger partial charge in [0.1, 0.15) is 0 Å². The van der Waals surface area contributed by atoms with Crippen LogP contribution in [-0.2, 0) is 60.3 Å². The molecule has 316 valence electrons. The monoisotopic (exact) mass is 834 g/mol. The van der Waals surface area contributed by atoms with E-state index in [1.54, 1.807) is 6.92 Å². The molecule has 0 aromatic heterocycles. The molecule has 0 amide bonds. The zero-order valence-corrected chi connectivity index (χ0v) is 35.0. The van der Waals surface area contributed by atoms with Crippen LogP contribution in [0.25, 0.3) is 0 Å². The van der Waals surface area contributed by atoms with Gasteiger partial charge in [0, 0.05) is 6.42 Å². The summed E-state index contributed by atoms with van der Waals surface area (Å²) in [7, 11) is -8.73. The third-order valence-corrected chi connectivity index (χ3v) is 20.4. The number of hydrogen-bond donors (Lipinski definition) is 2. The van der Waals surface area contributed by atoms with Crippen molar-refractivity contribution in [2.24, 2.45) is 5.92 Å². The Bertz CT molecular complexity index is 974. The summed E-state index contributed by atoms with van der Waals surface area (Å²) in [5.41, 5.74) is 0. The second-order valence-electron chi connectivity index (χ2n) is 12.5. The van der Waals surface area contributed by atoms with Crippen LogP contribution >= 0.6 is 0 Å². The predicted molar refractivity (Wildman–Crippen MR) is 212 cm³/mol. The molecule has 15 nitrogen and oxygen atoms in total. The smallest absolute Gasteiger partial charge is 0.373 e. The molecule has 0 aromatic rings. The fourth-order valence-electron chi connectivity index (χ4n) is 4.23. The molecular formula is C34H74O15Si4. The van der Waals surface area contributed by atoms with E-state index < -0.39 is 45.7 Å². The molecule has 19 heteroatoms. The molecule has 2 atom stereocenters. The number of carbonyl (C=O) groups excluding carboxylic acids is 8. The molecule has 53 heavy (non-hydrogen) atoms. The zero-order chi connectivity index (χ0) is 40.2. The van der Waals surface area contributed by atoms with Crippen LogP contribution in [0.2, 0.25) is 64.5 Å². The normalized spacial score (nSPS) is 11.2. The Morgan fingerprint density at radius 1 is 0.660 bits per heavy atom. The summed E-state index contributed by atoms with van der Waals surface area (Å²) in [6, 6.07) is 1.71. The first-order chi connectivity index (χ1) is 22.4. The highest BCUT2D eigenvalue weighted by Gasteiger charge is 2.45. The molecule has 0 aromatic carbocycles. The van der Waals surface area contributed by atoms with E-state index >= 15 is 0 Å². The minimum Gasteiger partial charge on any atom is -0.481 e. The van der Waals surface area contributed by atoms with E-state index in [1.165, 1.54) is 12.8 Å². The molecule has 2 unspecified atom stereocenters. The first-order valence-electron chi connectivity index (χ1n) is 15.6. The van der Waals surface area contributed by atoms with E-state index in [9.17, 15) is 9.59 Å². The first-order valence-corrected chi connectivity index (χ1v) is 27.4. The highest BCUT2D eigenvalue weighted by Crippen LogP contribution is 2.30. The maximum atomic E-state index is 11.1. The van der Waals surface area contributed by atoms with Gasteiger partial charge >= 0.3 is 53.7 Å². The van der Waals surface area contributed by atoms with Crippen molar-refractivity contribution in [3.05, 3.63) is 12.2 Å². The Balaban J connectivity index is -0.0000000876. The fourth-order valence-corrected chi connectivity index (χ4v) is 23.2. The fraction of sp³-hybridized carbons (Fsp3) is 0.765. The van der Waals surface area contributed by atoms with E-state index in [0.29, 0.717) is 12.8 Å². The average Bonchev–Trinajstić information content (AvgIpc) is 2.91. The first kappa shape index (κ1) is 75.0. The quantitative estimate of drug-likeness (QED) is 0.0704. The van der Waals surface area contributed by atoms with Crippen molar-refractivity contribution >= 4 is 70.3 Å². The van der Waals surface area contributed by atoms with Gasteiger partial charge in [0.2, 0.25) is 0 Å². The van der Waals surface area contributed by atoms with E-state index in [-0.39, 0.29) is 66.7 Å². The minimum atomic E-state index is -2.54. The molecule has 0 saturated carbocycles. The van der Waals surface area contributed by atoms with Gasteiger partial charge in [-0.1, -0.05) is 81.4 Å². The van der Waals surface area contributed by atoms with Crippen molar-refractivity contribution in [3.8, 4) is 0 Å². The Morgan fingerprint density at radius 2 is 1.08 bits per heavy atom. The standard InChI is InChI=1S/C20H46O7Si4.C6H12.4CO2.4CH4/c1-18(20(23)24)14-13-16-29(5,6)26-31(9,17-12-10-11-15-19(21)22)27-30(7,8)25-28(2,3)4;1-3-5-6-4-2;4*2-1-3;;;;/h18H,10-17H2,1-9H3,(H,21,22)(H,23,24);3,5H,4,6H2,1-2H3;;;;;4*1H4/b;5-3-;;;;;;;;. The highest BCUT2D eigenvalue weighted by molar-refractivity contribution is 6.89. The van der Waals surface area contributed by atoms with Gasteiger partial charge in [0.15, 0.2) is 16.6 Å². The molecular weight excluding hydrogens is 761 g/mol. The van der Waals surface area contributed by atoms with Crippen LogP contribution in [0.1, 0.15) is 102 Å². The van der Waals surface area contributed by atoms with Crippen molar-refractivity contribution in [3.63, 3.8) is 0 Å². The number of carboxylic acid groups (broad SMARTS) is 2. The van der Waals surface area contributed by atoms with Crippen molar-refractivity contribution in [1.29, 1.82) is 0 Å². The van der Waals surface area contributed by atoms with E-state index in [1.807, 2.05) is 0 Å². The van der Waals surface area contributed by atoms with Crippen LogP contribution in [0, 0.1) is 5.92 Å². The summed E-state index contributed by atoms with van der Waals surface area (Å²) in [6.45, 7) is 23.2. The molecule has 0 saturated heterocycles. The number of carboxylic acids is 2. The van der Waals surface area contributed by atoms with Crippen LogP contribution in [0.3, 0.4) is 0 Å². The summed E-state index contributed by atoms with van der Waals surface area (Å²) in [5, 5.41) is 18.0. The lowest BCUT2D eigenvalue weighted by Crippen LogP contribution is -2.57. The van der Waals surface area contributed by atoms with Crippen molar-refractivity contribution in [2.45, 2.75) is 166 Å². The molecule has 2 N–H and O–H groups in total. The predicted octanol–water partition coefficient (Wildman–Crippen LogP) is 8.57. The Hall–Kier alpha value is -3.05. The van der Waals surface area contributed by atoms with Gasteiger partial charge in [0.05, 0.1) is 5.92 Å². The lowest BCUT2D eigenvalue weighted by atomic mass is 10.1. The molecule has 0 aliphatic heterocycles. The van der Waals surface area contributed by atoms with Crippen LogP contribution in [0.15, 0.2) is 12.2 Å². The van der Waals surface area contributed by atoms with E-state index in [2.05, 4.69) is 78.4 Å². The number of allylic oxidation sites excluding steroid dienone is 2. The van der Waals surface area contributed by atoms with Gasteiger partial charge in [-0.15, -0.1) is 0 Å². The van der Waals surface area contributed by atoms with Crippen molar-refractivity contribution < 1.29 is 70.5 Å². The second-order valence-corrected chi connectivity index (χ2v) is 28.7. The molecule has 0 spiro atoms. The maximum absolute atomic E-state index is 11.1. The number of hydrogen-bond acceptors (Lipinski definition) is 13. The Morgan fingerprint density at radius 3 is 1.38 bits per heavy atom. The third-order valence-electron chi connectivity index (χ3n) is 5.56. The van der Waals surface area contributed by atoms with Gasteiger partial charge in [0.25, 0.3) is 0 Å². The van der Waals surface area contributed by atoms with Gasteiger partial charge in [-0.05, 0) is 90.7 Å². The van der Waals surface area contributed by atoms with E-state index in [4.69, 9.17) is 60.9 Å². The molecule has 0 bridgehead atoms. The number of unbranched alkanes of at least 4 members (excludes halogenated alkanes) is 3. The topological polar surface area (TPSA) is 239 Å². The molecule has 0 aliphatic rings. The maximum Gasteiger partial charge on any atom is 0.373 e. The van der Waals surface area contributed by atoms with Gasteiger partial charge < -0.3 is 22.6 Å². The second kappa shape index (κ2) is 47.0. The van der Waals surface area contributed by atoms with E-state index in [0.717, 1.165) is 31.4 Å². The minimum absolute atomic E-state index is 0. The molecule has 0 rings (SSSR count). The SMILES string of the molecule is C.C.C.C.C/C=C\CCC.CC(CCC[Si](C)(C)O[Si](C)(CCCCCC(=O)O)O[Si](C)(C)O[Si](C)(C)C)C(=O)O.O=C=O.O=C=O.O=C=O.O=C=O. The highest BCUT2D eigenvalue weighted by atomic mass is 28.5. The molecule has 0 heterocycles. The van der Waals surface area contributed by atoms with Gasteiger partial charge in [-0.2, -0.15) is 38.4 Å². The van der Waals surface area contributed by atoms with Gasteiger partial charge in [-0.3, -0.25) is 9.59 Å². The summed E-state index contributed by atoms with van der Waals surface area (Å²) < 4.78 is 19.9. The molecule has 0 radical (unpaired) electrons. The van der Waals surface area contributed by atoms with Crippen LogP contribution < -0.4 is 0 Å². The summed E-state index contributed by atoms with van der Waals surface area (Å²) >= 11 is 0. The molecule has 0 aliphatic carbocycles. The van der Waals surface area contributed by atoms with Crippen LogP contribution in [-0.4, -0.2) is 80.5 Å².